The zero-order valence-electron chi connectivity index (χ0n) is 13.0. The molecule has 0 aliphatic carbocycles. The van der Waals surface area contributed by atoms with E-state index >= 15 is 0 Å². The van der Waals surface area contributed by atoms with Gasteiger partial charge in [-0.15, -0.1) is 0 Å². The molecule has 1 atom stereocenters. The molecule has 0 spiro atoms. The van der Waals surface area contributed by atoms with Gasteiger partial charge >= 0.3 is 0 Å². The Bertz CT molecular complexity index is 380. The summed E-state index contributed by atoms with van der Waals surface area (Å²) in [6, 6.07) is 8.35. The van der Waals surface area contributed by atoms with Crippen molar-refractivity contribution in [2.45, 2.75) is 32.6 Å². The Hall–Kier alpha value is -1.06. The van der Waals surface area contributed by atoms with Gasteiger partial charge in [0.25, 0.3) is 0 Å². The third-order valence-corrected chi connectivity index (χ3v) is 4.39. The van der Waals surface area contributed by atoms with E-state index in [1.165, 1.54) is 57.7 Å². The molecular weight excluding hydrogens is 246 g/mol. The van der Waals surface area contributed by atoms with Gasteiger partial charge in [-0.2, -0.15) is 0 Å². The Morgan fingerprint density at radius 2 is 1.55 bits per heavy atom. The van der Waals surface area contributed by atoms with Crippen molar-refractivity contribution in [3.63, 3.8) is 0 Å². The summed E-state index contributed by atoms with van der Waals surface area (Å²) in [5.74, 6) is 0.615. The maximum Gasteiger partial charge on any atom is 0.0314 e. The maximum atomic E-state index is 5.74. The largest absolute Gasteiger partial charge is 0.399 e. The van der Waals surface area contributed by atoms with Gasteiger partial charge in [0.05, 0.1) is 0 Å². The minimum absolute atomic E-state index is 0.615. The summed E-state index contributed by atoms with van der Waals surface area (Å²) < 4.78 is 0. The normalized spacial score (nSPS) is 19.1. The van der Waals surface area contributed by atoms with Gasteiger partial charge in [-0.05, 0) is 49.5 Å². The van der Waals surface area contributed by atoms with Crippen molar-refractivity contribution in [2.75, 3.05) is 45.0 Å². The van der Waals surface area contributed by atoms with Crippen LogP contribution in [0.2, 0.25) is 0 Å². The van der Waals surface area contributed by atoms with Gasteiger partial charge in [-0.1, -0.05) is 26.0 Å². The van der Waals surface area contributed by atoms with Gasteiger partial charge in [-0.25, -0.2) is 0 Å². The fraction of sp³-hybridized carbons (Fsp3) is 0.647. The van der Waals surface area contributed by atoms with E-state index in [1.807, 2.05) is 12.1 Å². The first-order valence-electron chi connectivity index (χ1n) is 7.99. The highest BCUT2D eigenvalue weighted by Crippen LogP contribution is 2.20. The third-order valence-electron chi connectivity index (χ3n) is 4.39. The van der Waals surface area contributed by atoms with Crippen molar-refractivity contribution in [1.29, 1.82) is 0 Å². The van der Waals surface area contributed by atoms with Crippen LogP contribution in [0.3, 0.4) is 0 Å². The second-order valence-electron chi connectivity index (χ2n) is 6.04. The van der Waals surface area contributed by atoms with Crippen LogP contribution in [0, 0.1) is 0 Å². The lowest BCUT2D eigenvalue weighted by molar-refractivity contribution is 0.130. The molecule has 0 radical (unpaired) electrons. The second-order valence-corrected chi connectivity index (χ2v) is 6.04. The molecule has 0 saturated carbocycles. The molecule has 1 heterocycles. The predicted molar refractivity (Wildman–Crippen MR) is 87.1 cm³/mol. The summed E-state index contributed by atoms with van der Waals surface area (Å²) in [4.78, 5) is 5.19. The molecule has 1 aliphatic rings. The average molecular weight is 275 g/mol. The van der Waals surface area contributed by atoms with Crippen LogP contribution in [0.15, 0.2) is 24.3 Å². The molecule has 1 fully saturated rings. The maximum absolute atomic E-state index is 5.74. The molecule has 20 heavy (non-hydrogen) atoms. The molecule has 1 saturated heterocycles. The van der Waals surface area contributed by atoms with Gasteiger partial charge < -0.3 is 15.5 Å². The van der Waals surface area contributed by atoms with Crippen LogP contribution in [0.5, 0.6) is 0 Å². The van der Waals surface area contributed by atoms with Gasteiger partial charge in [0.2, 0.25) is 0 Å². The molecule has 2 N–H and O–H groups in total. The van der Waals surface area contributed by atoms with E-state index in [-0.39, 0.29) is 0 Å². The molecule has 0 aromatic heterocycles. The van der Waals surface area contributed by atoms with E-state index in [4.69, 9.17) is 5.73 Å². The van der Waals surface area contributed by atoms with E-state index in [2.05, 4.69) is 35.8 Å². The van der Waals surface area contributed by atoms with E-state index in [0.717, 1.165) is 5.69 Å². The zero-order valence-corrected chi connectivity index (χ0v) is 13.0. The number of anilines is 1. The molecular formula is C17H29N3. The zero-order chi connectivity index (χ0) is 14.4. The predicted octanol–water partition coefficient (Wildman–Crippen LogP) is 2.79. The topological polar surface area (TPSA) is 32.5 Å². The van der Waals surface area contributed by atoms with E-state index < -0.39 is 0 Å². The Kier molecular flexibility index (Phi) is 5.86. The minimum Gasteiger partial charge on any atom is -0.399 e. The smallest absolute Gasteiger partial charge is 0.0314 e. The summed E-state index contributed by atoms with van der Waals surface area (Å²) in [5, 5.41) is 0. The monoisotopic (exact) mass is 275 g/mol. The third kappa shape index (κ3) is 4.50. The van der Waals surface area contributed by atoms with Crippen molar-refractivity contribution in [2.24, 2.45) is 0 Å². The van der Waals surface area contributed by atoms with Crippen LogP contribution >= 0.6 is 0 Å². The number of nitrogens with two attached hydrogens (primary N) is 1. The van der Waals surface area contributed by atoms with Gasteiger partial charge in [0.15, 0.2) is 0 Å². The quantitative estimate of drug-likeness (QED) is 0.810. The van der Waals surface area contributed by atoms with Crippen molar-refractivity contribution < 1.29 is 0 Å². The molecule has 0 amide bonds. The Morgan fingerprint density at radius 1 is 1.00 bits per heavy atom. The van der Waals surface area contributed by atoms with Gasteiger partial charge in [0.1, 0.15) is 0 Å². The average Bonchev–Trinajstić information content (AvgIpc) is 2.47. The first-order chi connectivity index (χ1) is 9.69. The summed E-state index contributed by atoms with van der Waals surface area (Å²) in [6.07, 6.45) is 2.51. The Labute approximate surface area is 123 Å². The van der Waals surface area contributed by atoms with Crippen LogP contribution in [-0.2, 0) is 0 Å². The number of piperazine rings is 1. The lowest BCUT2D eigenvalue weighted by atomic mass is 9.97. The highest BCUT2D eigenvalue weighted by molar-refractivity contribution is 5.40. The number of benzene rings is 1. The van der Waals surface area contributed by atoms with Crippen molar-refractivity contribution in [3.8, 4) is 0 Å². The standard InChI is InChI=1S/C17H29N3/c1-3-9-19-11-13-20(14-12-19)10-8-15(2)16-4-6-17(18)7-5-16/h4-7,15H,3,8-14,18H2,1-2H3. The molecule has 3 heteroatoms. The molecule has 1 aliphatic heterocycles. The minimum atomic E-state index is 0.615. The fourth-order valence-electron chi connectivity index (χ4n) is 2.92. The van der Waals surface area contributed by atoms with Crippen molar-refractivity contribution >= 4 is 5.69 Å². The van der Waals surface area contributed by atoms with Crippen LogP contribution in [0.4, 0.5) is 5.69 Å². The first kappa shape index (κ1) is 15.3. The van der Waals surface area contributed by atoms with Crippen LogP contribution in [0.1, 0.15) is 38.2 Å². The van der Waals surface area contributed by atoms with Crippen LogP contribution < -0.4 is 5.73 Å². The van der Waals surface area contributed by atoms with E-state index in [0.29, 0.717) is 5.92 Å². The van der Waals surface area contributed by atoms with E-state index in [1.54, 1.807) is 0 Å². The number of rotatable bonds is 6. The lowest BCUT2D eigenvalue weighted by Crippen LogP contribution is -2.46. The second kappa shape index (κ2) is 7.65. The summed E-state index contributed by atoms with van der Waals surface area (Å²) >= 11 is 0. The van der Waals surface area contributed by atoms with Crippen LogP contribution in [-0.4, -0.2) is 49.1 Å². The number of nitrogens with zero attached hydrogens (tertiary/aromatic N) is 2. The van der Waals surface area contributed by atoms with Gasteiger partial charge in [0, 0.05) is 31.9 Å². The van der Waals surface area contributed by atoms with Crippen LogP contribution in [0.25, 0.3) is 0 Å². The summed E-state index contributed by atoms with van der Waals surface area (Å²) in [6.45, 7) is 12.0. The molecule has 1 aromatic rings. The van der Waals surface area contributed by atoms with Gasteiger partial charge in [-0.3, -0.25) is 0 Å². The number of hydrogen-bond donors (Lipinski definition) is 1. The fourth-order valence-corrected chi connectivity index (χ4v) is 2.92. The number of hydrogen-bond acceptors (Lipinski definition) is 3. The molecule has 1 unspecified atom stereocenters. The highest BCUT2D eigenvalue weighted by atomic mass is 15.3. The first-order valence-corrected chi connectivity index (χ1v) is 7.99. The molecule has 2 rings (SSSR count). The Morgan fingerprint density at radius 3 is 2.10 bits per heavy atom. The lowest BCUT2D eigenvalue weighted by Gasteiger charge is -2.35. The van der Waals surface area contributed by atoms with Crippen molar-refractivity contribution in [3.05, 3.63) is 29.8 Å². The highest BCUT2D eigenvalue weighted by Gasteiger charge is 2.16. The molecule has 0 bridgehead atoms. The number of nitrogen functional groups attached to an aromatic ring is 1. The summed E-state index contributed by atoms with van der Waals surface area (Å²) in [5.41, 5.74) is 8.00. The molecule has 112 valence electrons. The molecule has 3 nitrogen and oxygen atoms in total. The molecule has 1 aromatic carbocycles. The summed E-state index contributed by atoms with van der Waals surface area (Å²) in [7, 11) is 0. The van der Waals surface area contributed by atoms with Crippen molar-refractivity contribution in [1.82, 2.24) is 9.80 Å². The van der Waals surface area contributed by atoms with E-state index in [9.17, 15) is 0 Å². The SMILES string of the molecule is CCCN1CCN(CCC(C)c2ccc(N)cc2)CC1. The Balaban J connectivity index is 1.71.